The van der Waals surface area contributed by atoms with Crippen molar-refractivity contribution in [3.8, 4) is 0 Å². The maximum atomic E-state index is 14.6. The summed E-state index contributed by atoms with van der Waals surface area (Å²) < 4.78 is 41.7. The van der Waals surface area contributed by atoms with Crippen LogP contribution >= 0.6 is 34.5 Å². The second-order valence-corrected chi connectivity index (χ2v) is 9.05. The summed E-state index contributed by atoms with van der Waals surface area (Å²) in [7, 11) is -4.16. The molecule has 28 heavy (non-hydrogen) atoms. The third-order valence-electron chi connectivity index (χ3n) is 4.00. The van der Waals surface area contributed by atoms with Gasteiger partial charge in [-0.1, -0.05) is 48.3 Å². The fraction of sp³-hybridized carbons (Fsp3) is 0.167. The Hall–Kier alpha value is -1.87. The molecule has 0 bridgehead atoms. The average Bonchev–Trinajstić information content (AvgIpc) is 3.15. The molecule has 0 fully saturated rings. The number of sulfonamides is 1. The monoisotopic (exact) mass is 459 g/mol. The highest BCUT2D eigenvalue weighted by Gasteiger charge is 2.23. The van der Waals surface area contributed by atoms with Crippen molar-refractivity contribution in [2.45, 2.75) is 24.3 Å². The molecule has 0 amide bonds. The maximum Gasteiger partial charge on any atom is 0.266 e. The Morgan fingerprint density at radius 3 is 2.61 bits per heavy atom. The lowest BCUT2D eigenvalue weighted by atomic mass is 10.0. The molecular formula is C18H16Cl2FN3O2S2. The van der Waals surface area contributed by atoms with E-state index in [1.807, 2.05) is 25.1 Å². The first-order valence-electron chi connectivity index (χ1n) is 8.23. The van der Waals surface area contributed by atoms with Crippen LogP contribution in [0.15, 0.2) is 52.2 Å². The van der Waals surface area contributed by atoms with Crippen molar-refractivity contribution in [1.82, 2.24) is 4.98 Å². The zero-order valence-corrected chi connectivity index (χ0v) is 17.8. The summed E-state index contributed by atoms with van der Waals surface area (Å²) in [6.45, 7) is 1.95. The second-order valence-electron chi connectivity index (χ2n) is 5.87. The molecule has 0 saturated carbocycles. The van der Waals surface area contributed by atoms with Gasteiger partial charge in [0, 0.05) is 10.4 Å². The Balaban J connectivity index is 1.90. The number of benzene rings is 2. The molecule has 0 aliphatic rings. The molecule has 0 spiro atoms. The predicted molar refractivity (Wildman–Crippen MR) is 112 cm³/mol. The lowest BCUT2D eigenvalue weighted by Crippen LogP contribution is -2.16. The fourth-order valence-corrected chi connectivity index (χ4v) is 4.84. The van der Waals surface area contributed by atoms with Crippen LogP contribution in [0.25, 0.3) is 0 Å². The van der Waals surface area contributed by atoms with Gasteiger partial charge in [-0.3, -0.25) is 4.72 Å². The van der Waals surface area contributed by atoms with E-state index in [9.17, 15) is 12.8 Å². The molecule has 1 aromatic heterocycles. The van der Waals surface area contributed by atoms with Crippen LogP contribution < -0.4 is 10.0 Å². The molecule has 0 radical (unpaired) electrons. The van der Waals surface area contributed by atoms with Crippen LogP contribution in [0.4, 0.5) is 15.9 Å². The molecule has 3 aromatic rings. The number of halogens is 3. The van der Waals surface area contributed by atoms with Gasteiger partial charge in [-0.25, -0.2) is 17.8 Å². The first-order valence-corrected chi connectivity index (χ1v) is 11.4. The number of hydrogen-bond acceptors (Lipinski definition) is 5. The van der Waals surface area contributed by atoms with Crippen LogP contribution in [0.5, 0.6) is 0 Å². The first kappa shape index (κ1) is 20.9. The molecular weight excluding hydrogens is 444 g/mol. The van der Waals surface area contributed by atoms with Gasteiger partial charge >= 0.3 is 0 Å². The highest BCUT2D eigenvalue weighted by atomic mass is 35.5. The molecule has 148 valence electrons. The minimum absolute atomic E-state index is 0.0746. The number of thiazole rings is 1. The molecule has 1 atom stereocenters. The summed E-state index contributed by atoms with van der Waals surface area (Å²) in [4.78, 5) is 3.28. The van der Waals surface area contributed by atoms with Crippen molar-refractivity contribution < 1.29 is 12.8 Å². The molecule has 3 rings (SSSR count). The van der Waals surface area contributed by atoms with Gasteiger partial charge in [0.25, 0.3) is 10.0 Å². The number of nitrogens with one attached hydrogen (secondary N) is 2. The van der Waals surface area contributed by atoms with Crippen molar-refractivity contribution >= 4 is 56.1 Å². The van der Waals surface area contributed by atoms with E-state index >= 15 is 0 Å². The van der Waals surface area contributed by atoms with E-state index in [0.717, 1.165) is 17.7 Å². The Bertz CT molecular complexity index is 1080. The Labute approximate surface area is 176 Å². The number of aromatic nitrogens is 1. The SMILES string of the molecule is CCC(Nc1cc(F)c(S(=O)(=O)Nc2cscn2)cc1Cl)c1ccccc1Cl. The van der Waals surface area contributed by atoms with Crippen LogP contribution in [0.3, 0.4) is 0 Å². The molecule has 10 heteroatoms. The zero-order chi connectivity index (χ0) is 20.3. The van der Waals surface area contributed by atoms with E-state index < -0.39 is 20.7 Å². The standard InChI is InChI=1S/C18H16Cl2FN3O2S2/c1-2-15(11-5-3-4-6-12(11)19)23-16-8-14(21)17(7-13(16)20)28(25,26)24-18-9-27-10-22-18/h3-10,15,23-24H,2H2,1H3. The summed E-state index contributed by atoms with van der Waals surface area (Å²) >= 11 is 13.7. The first-order chi connectivity index (χ1) is 13.3. The van der Waals surface area contributed by atoms with Gasteiger partial charge in [0.2, 0.25) is 0 Å². The molecule has 1 heterocycles. The maximum absolute atomic E-state index is 14.6. The number of nitrogens with zero attached hydrogens (tertiary/aromatic N) is 1. The summed E-state index contributed by atoms with van der Waals surface area (Å²) in [5.41, 5.74) is 2.58. The Morgan fingerprint density at radius 2 is 1.96 bits per heavy atom. The van der Waals surface area contributed by atoms with Gasteiger partial charge in [0.1, 0.15) is 10.7 Å². The van der Waals surface area contributed by atoms with Crippen LogP contribution in [-0.2, 0) is 10.0 Å². The van der Waals surface area contributed by atoms with Gasteiger partial charge in [0.15, 0.2) is 5.82 Å². The molecule has 2 aromatic carbocycles. The third kappa shape index (κ3) is 4.57. The molecule has 5 nitrogen and oxygen atoms in total. The molecule has 0 saturated heterocycles. The summed E-state index contributed by atoms with van der Waals surface area (Å²) in [6.07, 6.45) is 0.660. The van der Waals surface area contributed by atoms with E-state index in [-0.39, 0.29) is 22.6 Å². The highest BCUT2D eigenvalue weighted by Crippen LogP contribution is 2.34. The zero-order valence-electron chi connectivity index (χ0n) is 14.6. The molecule has 0 aliphatic heterocycles. The lowest BCUT2D eigenvalue weighted by molar-refractivity contribution is 0.570. The Morgan fingerprint density at radius 1 is 1.21 bits per heavy atom. The van der Waals surface area contributed by atoms with Gasteiger partial charge in [0.05, 0.1) is 22.3 Å². The summed E-state index contributed by atoms with van der Waals surface area (Å²) in [6, 6.07) is 9.23. The van der Waals surface area contributed by atoms with Crippen molar-refractivity contribution in [1.29, 1.82) is 0 Å². The average molecular weight is 460 g/mol. The van der Waals surface area contributed by atoms with Crippen molar-refractivity contribution in [2.75, 3.05) is 10.0 Å². The quantitative estimate of drug-likeness (QED) is 0.457. The van der Waals surface area contributed by atoms with Gasteiger partial charge in [-0.05, 0) is 30.2 Å². The van der Waals surface area contributed by atoms with E-state index in [1.54, 1.807) is 6.07 Å². The van der Waals surface area contributed by atoms with E-state index in [0.29, 0.717) is 11.4 Å². The van der Waals surface area contributed by atoms with E-state index in [1.165, 1.54) is 22.2 Å². The van der Waals surface area contributed by atoms with Crippen LogP contribution in [0.1, 0.15) is 24.9 Å². The lowest BCUT2D eigenvalue weighted by Gasteiger charge is -2.21. The number of anilines is 2. The number of hydrogen-bond donors (Lipinski definition) is 2. The number of rotatable bonds is 7. The van der Waals surface area contributed by atoms with Gasteiger partial charge < -0.3 is 5.32 Å². The van der Waals surface area contributed by atoms with E-state index in [2.05, 4.69) is 15.0 Å². The minimum atomic E-state index is -4.16. The normalized spacial score (nSPS) is 12.6. The summed E-state index contributed by atoms with van der Waals surface area (Å²) in [5.74, 6) is -0.809. The molecule has 2 N–H and O–H groups in total. The van der Waals surface area contributed by atoms with Gasteiger partial charge in [-0.15, -0.1) is 11.3 Å². The smallest absolute Gasteiger partial charge is 0.266 e. The highest BCUT2D eigenvalue weighted by molar-refractivity contribution is 7.92. The fourth-order valence-electron chi connectivity index (χ4n) is 2.65. The Kier molecular flexibility index (Phi) is 6.44. The summed E-state index contributed by atoms with van der Waals surface area (Å²) in [5, 5.41) is 5.29. The van der Waals surface area contributed by atoms with Crippen LogP contribution in [0, 0.1) is 5.82 Å². The van der Waals surface area contributed by atoms with Crippen molar-refractivity contribution in [3.63, 3.8) is 0 Å². The molecule has 1 unspecified atom stereocenters. The van der Waals surface area contributed by atoms with Gasteiger partial charge in [-0.2, -0.15) is 0 Å². The second kappa shape index (κ2) is 8.65. The van der Waals surface area contributed by atoms with Crippen molar-refractivity contribution in [3.05, 3.63) is 68.7 Å². The third-order valence-corrected chi connectivity index (χ3v) is 6.61. The van der Waals surface area contributed by atoms with Crippen LogP contribution in [-0.4, -0.2) is 13.4 Å². The predicted octanol–water partition coefficient (Wildman–Crippen LogP) is 5.95. The topological polar surface area (TPSA) is 71.1 Å². The largest absolute Gasteiger partial charge is 0.377 e. The van der Waals surface area contributed by atoms with Crippen LogP contribution in [0.2, 0.25) is 10.0 Å². The minimum Gasteiger partial charge on any atom is -0.377 e. The van der Waals surface area contributed by atoms with E-state index in [4.69, 9.17) is 23.2 Å². The molecule has 0 aliphatic carbocycles. The van der Waals surface area contributed by atoms with Crippen molar-refractivity contribution in [2.24, 2.45) is 0 Å².